The molecule has 1 N–H and O–H groups in total. The van der Waals surface area contributed by atoms with Crippen LogP contribution in [0.25, 0.3) is 0 Å². The summed E-state index contributed by atoms with van der Waals surface area (Å²) in [6.45, 7) is 2.77. The SMILES string of the molecule is Cc1ccc(CN2CC[C@H](NC(=O)CC(F)(F)F)C2=O)cc1. The maximum absolute atomic E-state index is 12.1. The van der Waals surface area contributed by atoms with Gasteiger partial charge in [-0.25, -0.2) is 0 Å². The Kier molecular flexibility index (Phi) is 4.73. The Balaban J connectivity index is 1.89. The van der Waals surface area contributed by atoms with Crippen molar-refractivity contribution in [2.75, 3.05) is 6.54 Å². The molecule has 7 heteroatoms. The van der Waals surface area contributed by atoms with Gasteiger partial charge in [0.05, 0.1) is 0 Å². The topological polar surface area (TPSA) is 49.4 Å². The highest BCUT2D eigenvalue weighted by Crippen LogP contribution is 2.20. The second kappa shape index (κ2) is 6.37. The van der Waals surface area contributed by atoms with E-state index in [-0.39, 0.29) is 5.91 Å². The molecule has 1 aliphatic heterocycles. The lowest BCUT2D eigenvalue weighted by molar-refractivity contribution is -0.155. The summed E-state index contributed by atoms with van der Waals surface area (Å²) in [6, 6.07) is 6.80. The molecular weight excluding hydrogens is 297 g/mol. The predicted octanol–water partition coefficient (Wildman–Crippen LogP) is 2.16. The smallest absolute Gasteiger partial charge is 0.344 e. The van der Waals surface area contributed by atoms with Gasteiger partial charge in [0.25, 0.3) is 0 Å². The molecule has 1 heterocycles. The van der Waals surface area contributed by atoms with Crippen LogP contribution in [0.2, 0.25) is 0 Å². The van der Waals surface area contributed by atoms with Crippen LogP contribution >= 0.6 is 0 Å². The average Bonchev–Trinajstić information content (AvgIpc) is 2.72. The fourth-order valence-corrected chi connectivity index (χ4v) is 2.37. The summed E-state index contributed by atoms with van der Waals surface area (Å²) < 4.78 is 36.4. The van der Waals surface area contributed by atoms with E-state index < -0.39 is 24.5 Å². The minimum atomic E-state index is -4.56. The molecule has 4 nitrogen and oxygen atoms in total. The summed E-state index contributed by atoms with van der Waals surface area (Å²) >= 11 is 0. The molecule has 0 spiro atoms. The van der Waals surface area contributed by atoms with Crippen LogP contribution in [-0.2, 0) is 16.1 Å². The number of amides is 2. The van der Waals surface area contributed by atoms with E-state index in [1.807, 2.05) is 31.2 Å². The lowest BCUT2D eigenvalue weighted by Crippen LogP contribution is -2.42. The van der Waals surface area contributed by atoms with Crippen LogP contribution in [0.1, 0.15) is 24.0 Å². The van der Waals surface area contributed by atoms with Crippen LogP contribution in [0.15, 0.2) is 24.3 Å². The largest absolute Gasteiger partial charge is 0.397 e. The maximum atomic E-state index is 12.1. The third-order valence-electron chi connectivity index (χ3n) is 3.49. The van der Waals surface area contributed by atoms with E-state index in [1.165, 1.54) is 0 Å². The number of benzene rings is 1. The Morgan fingerprint density at radius 2 is 1.95 bits per heavy atom. The summed E-state index contributed by atoms with van der Waals surface area (Å²) in [6.07, 6.45) is -5.80. The molecule has 1 fully saturated rings. The van der Waals surface area contributed by atoms with Crippen molar-refractivity contribution >= 4 is 11.8 Å². The fourth-order valence-electron chi connectivity index (χ4n) is 2.37. The van der Waals surface area contributed by atoms with Crippen LogP contribution in [0, 0.1) is 6.92 Å². The van der Waals surface area contributed by atoms with Crippen molar-refractivity contribution in [3.63, 3.8) is 0 Å². The second-order valence-electron chi connectivity index (χ2n) is 5.45. The molecule has 0 aliphatic carbocycles. The molecule has 0 bridgehead atoms. The van der Waals surface area contributed by atoms with E-state index >= 15 is 0 Å². The van der Waals surface area contributed by atoms with Crippen LogP contribution in [0.3, 0.4) is 0 Å². The Hall–Kier alpha value is -2.05. The zero-order chi connectivity index (χ0) is 16.3. The van der Waals surface area contributed by atoms with E-state index in [9.17, 15) is 22.8 Å². The van der Waals surface area contributed by atoms with Crippen molar-refractivity contribution in [3.8, 4) is 0 Å². The molecular formula is C15H17F3N2O2. The number of nitrogens with zero attached hydrogens (tertiary/aromatic N) is 1. The number of alkyl halides is 3. The van der Waals surface area contributed by atoms with Crippen LogP contribution in [0.4, 0.5) is 13.2 Å². The Bertz CT molecular complexity index is 555. The lowest BCUT2D eigenvalue weighted by atomic mass is 10.1. The molecule has 0 saturated carbocycles. The van der Waals surface area contributed by atoms with Gasteiger partial charge in [0.15, 0.2) is 0 Å². The number of nitrogens with one attached hydrogen (secondary N) is 1. The number of likely N-dealkylation sites (tertiary alicyclic amines) is 1. The Labute approximate surface area is 126 Å². The first-order valence-corrected chi connectivity index (χ1v) is 6.95. The zero-order valence-corrected chi connectivity index (χ0v) is 12.1. The summed E-state index contributed by atoms with van der Waals surface area (Å²) in [5, 5.41) is 2.16. The highest BCUT2D eigenvalue weighted by Gasteiger charge is 2.36. The first kappa shape index (κ1) is 16.3. The van der Waals surface area contributed by atoms with E-state index in [4.69, 9.17) is 0 Å². The van der Waals surface area contributed by atoms with Crippen LogP contribution in [0.5, 0.6) is 0 Å². The summed E-state index contributed by atoms with van der Waals surface area (Å²) in [7, 11) is 0. The van der Waals surface area contributed by atoms with Gasteiger partial charge in [-0.05, 0) is 18.9 Å². The molecule has 2 rings (SSSR count). The number of hydrogen-bond acceptors (Lipinski definition) is 2. The molecule has 1 aliphatic rings. The number of aryl methyl sites for hydroxylation is 1. The Morgan fingerprint density at radius 1 is 1.32 bits per heavy atom. The van der Waals surface area contributed by atoms with Crippen molar-refractivity contribution < 1.29 is 22.8 Å². The molecule has 22 heavy (non-hydrogen) atoms. The predicted molar refractivity (Wildman–Crippen MR) is 73.8 cm³/mol. The highest BCUT2D eigenvalue weighted by atomic mass is 19.4. The van der Waals surface area contributed by atoms with Gasteiger partial charge in [-0.15, -0.1) is 0 Å². The van der Waals surface area contributed by atoms with E-state index in [0.717, 1.165) is 11.1 Å². The summed E-state index contributed by atoms with van der Waals surface area (Å²) in [4.78, 5) is 24.9. The van der Waals surface area contributed by atoms with E-state index in [1.54, 1.807) is 4.90 Å². The van der Waals surface area contributed by atoms with Gasteiger partial charge >= 0.3 is 6.18 Å². The van der Waals surface area contributed by atoms with Gasteiger partial charge in [-0.3, -0.25) is 9.59 Å². The number of rotatable bonds is 4. The Morgan fingerprint density at radius 3 is 2.55 bits per heavy atom. The molecule has 120 valence electrons. The van der Waals surface area contributed by atoms with Crippen molar-refractivity contribution in [1.82, 2.24) is 10.2 Å². The van der Waals surface area contributed by atoms with Gasteiger partial charge in [-0.2, -0.15) is 13.2 Å². The molecule has 2 amide bonds. The molecule has 1 aromatic carbocycles. The van der Waals surface area contributed by atoms with Crippen molar-refractivity contribution in [2.45, 2.75) is 38.5 Å². The number of carbonyl (C=O) groups excluding carboxylic acids is 2. The molecule has 1 aromatic rings. The van der Waals surface area contributed by atoms with Crippen molar-refractivity contribution in [2.24, 2.45) is 0 Å². The normalized spacial score (nSPS) is 18.6. The minimum Gasteiger partial charge on any atom is -0.344 e. The number of halogens is 3. The second-order valence-corrected chi connectivity index (χ2v) is 5.45. The quantitative estimate of drug-likeness (QED) is 0.926. The van der Waals surface area contributed by atoms with Gasteiger partial charge in [0.2, 0.25) is 11.8 Å². The first-order chi connectivity index (χ1) is 10.2. The lowest BCUT2D eigenvalue weighted by Gasteiger charge is -2.17. The monoisotopic (exact) mass is 314 g/mol. The first-order valence-electron chi connectivity index (χ1n) is 6.95. The molecule has 1 atom stereocenters. The van der Waals surface area contributed by atoms with E-state index in [2.05, 4.69) is 5.32 Å². The molecule has 0 radical (unpaired) electrons. The van der Waals surface area contributed by atoms with Gasteiger partial charge in [-0.1, -0.05) is 29.8 Å². The van der Waals surface area contributed by atoms with Crippen LogP contribution in [-0.4, -0.2) is 35.5 Å². The van der Waals surface area contributed by atoms with Gasteiger partial charge in [0, 0.05) is 13.1 Å². The molecule has 0 unspecified atom stereocenters. The summed E-state index contributed by atoms with van der Waals surface area (Å²) in [5.41, 5.74) is 2.05. The fraction of sp³-hybridized carbons (Fsp3) is 0.467. The van der Waals surface area contributed by atoms with Crippen LogP contribution < -0.4 is 5.32 Å². The zero-order valence-electron chi connectivity index (χ0n) is 12.1. The molecule has 0 aromatic heterocycles. The third-order valence-corrected chi connectivity index (χ3v) is 3.49. The van der Waals surface area contributed by atoms with Crippen molar-refractivity contribution in [1.29, 1.82) is 0 Å². The molecule has 1 saturated heterocycles. The number of carbonyl (C=O) groups is 2. The minimum absolute atomic E-state index is 0.328. The number of hydrogen-bond donors (Lipinski definition) is 1. The maximum Gasteiger partial charge on any atom is 0.397 e. The standard InChI is InChI=1S/C15H17F3N2O2/c1-10-2-4-11(5-3-10)9-20-7-6-12(14(20)22)19-13(21)8-15(16,17)18/h2-5,12H,6-9H2,1H3,(H,19,21)/t12-/m0/s1. The average molecular weight is 314 g/mol. The highest BCUT2D eigenvalue weighted by molar-refractivity contribution is 5.89. The third kappa shape index (κ3) is 4.47. The van der Waals surface area contributed by atoms with Gasteiger partial charge < -0.3 is 10.2 Å². The van der Waals surface area contributed by atoms with Gasteiger partial charge in [0.1, 0.15) is 12.5 Å². The van der Waals surface area contributed by atoms with Crippen molar-refractivity contribution in [3.05, 3.63) is 35.4 Å². The summed E-state index contributed by atoms with van der Waals surface area (Å²) in [5.74, 6) is -1.50. The van der Waals surface area contributed by atoms with E-state index in [0.29, 0.717) is 19.5 Å².